The minimum absolute atomic E-state index is 0.339. The predicted octanol–water partition coefficient (Wildman–Crippen LogP) is 2.62. The van der Waals surface area contributed by atoms with Crippen molar-refractivity contribution < 1.29 is 18.5 Å². The molecule has 0 radical (unpaired) electrons. The molecule has 0 spiro atoms. The van der Waals surface area contributed by atoms with Gasteiger partial charge in [-0.3, -0.25) is 0 Å². The molecule has 23 heavy (non-hydrogen) atoms. The molecule has 1 saturated heterocycles. The Balaban J connectivity index is 1.98. The maximum absolute atomic E-state index is 14.2. The number of ether oxygens (including phenoxy) is 1. The van der Waals surface area contributed by atoms with E-state index in [0.717, 1.165) is 0 Å². The molecule has 5 nitrogen and oxygen atoms in total. The van der Waals surface area contributed by atoms with E-state index in [4.69, 9.17) is 4.74 Å². The maximum atomic E-state index is 14.2. The Morgan fingerprint density at radius 3 is 2.35 bits per heavy atom. The number of piperazine rings is 1. The lowest BCUT2D eigenvalue weighted by molar-refractivity contribution is 0.0240. The normalized spacial score (nSPS) is 17.1. The second-order valence-corrected chi connectivity index (χ2v) is 7.90. The van der Waals surface area contributed by atoms with Crippen molar-refractivity contribution in [3.8, 4) is 0 Å². The molecule has 0 N–H and O–H groups in total. The average molecular weight is 342 g/mol. The topological polar surface area (TPSA) is 55.8 Å². The zero-order valence-electron chi connectivity index (χ0n) is 14.0. The number of hydrogen-bond acceptors (Lipinski definition) is 4. The van der Waals surface area contributed by atoms with Crippen LogP contribution in [0, 0.1) is 5.82 Å². The molecule has 0 saturated carbocycles. The average Bonchev–Trinajstić information content (AvgIpc) is 2.45. The molecule has 1 aromatic rings. The van der Waals surface area contributed by atoms with Gasteiger partial charge in [0.05, 0.1) is 5.69 Å². The smallest absolute Gasteiger partial charge is 0.410 e. The number of rotatable bonds is 2. The Hall–Kier alpha value is -1.47. The molecule has 1 aromatic carbocycles. The summed E-state index contributed by atoms with van der Waals surface area (Å²) in [5, 5.41) is 0. The Morgan fingerprint density at radius 1 is 1.26 bits per heavy atom. The van der Waals surface area contributed by atoms with E-state index < -0.39 is 16.8 Å². The van der Waals surface area contributed by atoms with Crippen LogP contribution in [-0.2, 0) is 15.9 Å². The Kier molecular flexibility index (Phi) is 5.41. The summed E-state index contributed by atoms with van der Waals surface area (Å²) in [7, 11) is 0. The minimum Gasteiger partial charge on any atom is -0.612 e. The molecule has 1 atom stereocenters. The van der Waals surface area contributed by atoms with E-state index in [2.05, 4.69) is 0 Å². The van der Waals surface area contributed by atoms with E-state index in [1.807, 2.05) is 25.7 Å². The molecule has 1 aliphatic rings. The van der Waals surface area contributed by atoms with Gasteiger partial charge in [-0.25, -0.2) is 9.18 Å². The summed E-state index contributed by atoms with van der Waals surface area (Å²) in [6.45, 7) is 7.52. The zero-order chi connectivity index (χ0) is 17.2. The molecule has 7 heteroatoms. The van der Waals surface area contributed by atoms with Gasteiger partial charge in [0.2, 0.25) is 0 Å². The lowest BCUT2D eigenvalue weighted by atomic mass is 10.2. The van der Waals surface area contributed by atoms with Crippen LogP contribution in [0.4, 0.5) is 14.9 Å². The van der Waals surface area contributed by atoms with Gasteiger partial charge in [0.25, 0.3) is 0 Å². The highest BCUT2D eigenvalue weighted by Gasteiger charge is 2.27. The van der Waals surface area contributed by atoms with Crippen molar-refractivity contribution in [2.45, 2.75) is 31.3 Å². The van der Waals surface area contributed by atoms with Crippen LogP contribution in [-0.4, -0.2) is 53.6 Å². The third-order valence-electron chi connectivity index (χ3n) is 3.52. The van der Waals surface area contributed by atoms with Crippen LogP contribution >= 0.6 is 0 Å². The minimum atomic E-state index is -1.20. The van der Waals surface area contributed by atoms with Gasteiger partial charge in [-0.05, 0) is 44.1 Å². The number of anilines is 1. The third-order valence-corrected chi connectivity index (χ3v) is 4.44. The summed E-state index contributed by atoms with van der Waals surface area (Å²) >= 11 is -1.20. The Bertz CT molecular complexity index is 567. The standard InChI is InChI=1S/C16H23FN2O3S/c1-16(2,3)22-15(20)19-9-7-18(8-10-19)14-6-5-12(23(4)21)11-13(14)17/h5-6,11H,7-10H2,1-4H3/t23-/m0/s1. The molecule has 0 aliphatic carbocycles. The van der Waals surface area contributed by atoms with Crippen molar-refractivity contribution in [2.75, 3.05) is 37.3 Å². The first-order valence-electron chi connectivity index (χ1n) is 7.53. The van der Waals surface area contributed by atoms with E-state index >= 15 is 0 Å². The van der Waals surface area contributed by atoms with Gasteiger partial charge in [0, 0.05) is 32.2 Å². The number of halogens is 1. The molecule has 1 amide bonds. The molecule has 128 valence electrons. The number of carbonyl (C=O) groups excluding carboxylic acids is 1. The third kappa shape index (κ3) is 4.75. The summed E-state index contributed by atoms with van der Waals surface area (Å²) in [6.07, 6.45) is 1.18. The number of nitrogens with zero attached hydrogens (tertiary/aromatic N) is 2. The summed E-state index contributed by atoms with van der Waals surface area (Å²) in [5.74, 6) is -0.386. The number of amides is 1. The predicted molar refractivity (Wildman–Crippen MR) is 88.8 cm³/mol. The van der Waals surface area contributed by atoms with E-state index in [1.54, 1.807) is 17.0 Å². The summed E-state index contributed by atoms with van der Waals surface area (Å²) in [5.41, 5.74) is -0.0468. The lowest BCUT2D eigenvalue weighted by Gasteiger charge is -2.36. The lowest BCUT2D eigenvalue weighted by Crippen LogP contribution is -2.50. The number of benzene rings is 1. The molecule has 1 aliphatic heterocycles. The van der Waals surface area contributed by atoms with Crippen LogP contribution in [0.5, 0.6) is 0 Å². The van der Waals surface area contributed by atoms with Gasteiger partial charge in [-0.15, -0.1) is 0 Å². The van der Waals surface area contributed by atoms with Crippen LogP contribution < -0.4 is 4.90 Å². The Labute approximate surface area is 139 Å². The fourth-order valence-corrected chi connectivity index (χ4v) is 2.91. The summed E-state index contributed by atoms with van der Waals surface area (Å²) in [4.78, 5) is 16.0. The summed E-state index contributed by atoms with van der Waals surface area (Å²) < 4.78 is 30.9. The highest BCUT2D eigenvalue weighted by molar-refractivity contribution is 7.90. The maximum Gasteiger partial charge on any atom is 0.410 e. The number of carbonyl (C=O) groups is 1. The molecular weight excluding hydrogens is 319 g/mol. The monoisotopic (exact) mass is 342 g/mol. The van der Waals surface area contributed by atoms with Gasteiger partial charge >= 0.3 is 6.09 Å². The van der Waals surface area contributed by atoms with Crippen molar-refractivity contribution in [1.82, 2.24) is 4.90 Å². The van der Waals surface area contributed by atoms with Crippen LogP contribution in [0.15, 0.2) is 23.1 Å². The van der Waals surface area contributed by atoms with Crippen LogP contribution in [0.3, 0.4) is 0 Å². The fraction of sp³-hybridized carbons (Fsp3) is 0.562. The first-order valence-corrected chi connectivity index (χ1v) is 9.09. The molecule has 0 aromatic heterocycles. The number of hydrogen-bond donors (Lipinski definition) is 0. The molecule has 1 fully saturated rings. The van der Waals surface area contributed by atoms with Crippen molar-refractivity contribution in [1.29, 1.82) is 0 Å². The first kappa shape index (κ1) is 17.9. The van der Waals surface area contributed by atoms with Gasteiger partial charge in [0.15, 0.2) is 10.7 Å². The van der Waals surface area contributed by atoms with Crippen molar-refractivity contribution in [3.63, 3.8) is 0 Å². The second kappa shape index (κ2) is 6.97. The van der Waals surface area contributed by atoms with Crippen LogP contribution in [0.1, 0.15) is 20.8 Å². The van der Waals surface area contributed by atoms with E-state index in [-0.39, 0.29) is 11.9 Å². The highest BCUT2D eigenvalue weighted by Crippen LogP contribution is 2.24. The van der Waals surface area contributed by atoms with Crippen LogP contribution in [0.2, 0.25) is 0 Å². The molecule has 1 heterocycles. The van der Waals surface area contributed by atoms with Crippen molar-refractivity contribution >= 4 is 23.0 Å². The van der Waals surface area contributed by atoms with Gasteiger partial charge in [-0.2, -0.15) is 0 Å². The first-order chi connectivity index (χ1) is 10.7. The fourth-order valence-electron chi connectivity index (χ4n) is 2.38. The zero-order valence-corrected chi connectivity index (χ0v) is 14.8. The molecule has 0 unspecified atom stereocenters. The molecule has 0 bridgehead atoms. The van der Waals surface area contributed by atoms with Crippen molar-refractivity contribution in [3.05, 3.63) is 24.0 Å². The van der Waals surface area contributed by atoms with E-state index in [1.165, 1.54) is 12.3 Å². The highest BCUT2D eigenvalue weighted by atomic mass is 32.2. The second-order valence-electron chi connectivity index (χ2n) is 6.52. The summed E-state index contributed by atoms with van der Waals surface area (Å²) in [6, 6.07) is 4.63. The molecular formula is C16H23FN2O3S. The van der Waals surface area contributed by atoms with Gasteiger partial charge < -0.3 is 19.1 Å². The van der Waals surface area contributed by atoms with Crippen LogP contribution in [0.25, 0.3) is 0 Å². The van der Waals surface area contributed by atoms with Gasteiger partial charge in [-0.1, -0.05) is 0 Å². The largest absolute Gasteiger partial charge is 0.612 e. The quantitative estimate of drug-likeness (QED) is 0.775. The van der Waals surface area contributed by atoms with Gasteiger partial charge in [0.1, 0.15) is 11.9 Å². The SMILES string of the molecule is C[S@+]([O-])c1ccc(N2CCN(C(=O)OC(C)(C)C)CC2)c(F)c1. The van der Waals surface area contributed by atoms with E-state index in [0.29, 0.717) is 36.8 Å². The van der Waals surface area contributed by atoms with E-state index in [9.17, 15) is 13.7 Å². The Morgan fingerprint density at radius 2 is 1.87 bits per heavy atom. The van der Waals surface area contributed by atoms with Crippen molar-refractivity contribution in [2.24, 2.45) is 0 Å². The molecule has 2 rings (SSSR count).